The Hall–Kier alpha value is -1.09. The van der Waals surface area contributed by atoms with Crippen LogP contribution < -0.4 is 10.1 Å². The van der Waals surface area contributed by atoms with Crippen molar-refractivity contribution in [2.45, 2.75) is 51.2 Å². The molecule has 1 heterocycles. The van der Waals surface area contributed by atoms with Crippen molar-refractivity contribution in [3.05, 3.63) is 29.6 Å². The molecular weight excluding hydrogens is 241 g/mol. The second-order valence-electron chi connectivity index (χ2n) is 5.77. The van der Waals surface area contributed by atoms with Crippen LogP contribution in [0.5, 0.6) is 5.75 Å². The van der Waals surface area contributed by atoms with Crippen LogP contribution in [0.15, 0.2) is 18.2 Å². The van der Waals surface area contributed by atoms with E-state index in [-0.39, 0.29) is 11.9 Å². The molecule has 1 aliphatic carbocycles. The van der Waals surface area contributed by atoms with Crippen LogP contribution in [0.1, 0.15) is 38.2 Å². The normalized spacial score (nSPS) is 22.9. The third kappa shape index (κ3) is 3.08. The molecule has 1 aromatic carbocycles. The standard InChI is InChI=1S/C16H22FNO/c1-2-18-15(11-3-4-11)7-6-14-10-12-9-13(17)5-8-16(12)19-14/h5,8-9,11,14-15,18H,2-4,6-7,10H2,1H3. The van der Waals surface area contributed by atoms with Crippen molar-refractivity contribution < 1.29 is 9.13 Å². The molecule has 3 rings (SSSR count). The first-order chi connectivity index (χ1) is 9.26. The Morgan fingerprint density at radius 3 is 3.00 bits per heavy atom. The fourth-order valence-electron chi connectivity index (χ4n) is 3.08. The molecule has 19 heavy (non-hydrogen) atoms. The van der Waals surface area contributed by atoms with Crippen molar-refractivity contribution in [1.82, 2.24) is 5.32 Å². The van der Waals surface area contributed by atoms with E-state index < -0.39 is 0 Å². The van der Waals surface area contributed by atoms with Gasteiger partial charge in [-0.05, 0) is 56.3 Å². The fourth-order valence-corrected chi connectivity index (χ4v) is 3.08. The van der Waals surface area contributed by atoms with E-state index in [9.17, 15) is 4.39 Å². The Bertz CT molecular complexity index is 444. The number of fused-ring (bicyclic) bond motifs is 1. The van der Waals surface area contributed by atoms with Gasteiger partial charge in [0.25, 0.3) is 0 Å². The van der Waals surface area contributed by atoms with Gasteiger partial charge in [0.1, 0.15) is 17.7 Å². The summed E-state index contributed by atoms with van der Waals surface area (Å²) in [6.45, 7) is 3.21. The van der Waals surface area contributed by atoms with Crippen LogP contribution in [-0.4, -0.2) is 18.7 Å². The quantitative estimate of drug-likeness (QED) is 0.850. The maximum atomic E-state index is 13.2. The maximum absolute atomic E-state index is 13.2. The minimum Gasteiger partial charge on any atom is -0.490 e. The van der Waals surface area contributed by atoms with E-state index in [1.54, 1.807) is 12.1 Å². The monoisotopic (exact) mass is 263 g/mol. The van der Waals surface area contributed by atoms with Gasteiger partial charge < -0.3 is 10.1 Å². The Balaban J connectivity index is 1.52. The van der Waals surface area contributed by atoms with Gasteiger partial charge >= 0.3 is 0 Å². The van der Waals surface area contributed by atoms with Gasteiger partial charge in [-0.15, -0.1) is 0 Å². The summed E-state index contributed by atoms with van der Waals surface area (Å²) < 4.78 is 19.0. The molecule has 0 amide bonds. The first-order valence-electron chi connectivity index (χ1n) is 7.44. The summed E-state index contributed by atoms with van der Waals surface area (Å²) in [5.74, 6) is 1.59. The van der Waals surface area contributed by atoms with Crippen LogP contribution in [0.4, 0.5) is 4.39 Å². The molecule has 2 atom stereocenters. The van der Waals surface area contributed by atoms with Gasteiger partial charge in [0.2, 0.25) is 0 Å². The predicted octanol–water partition coefficient (Wildman–Crippen LogP) is 3.30. The molecule has 0 bridgehead atoms. The minimum absolute atomic E-state index is 0.161. The second kappa shape index (κ2) is 5.49. The summed E-state index contributed by atoms with van der Waals surface area (Å²) in [6, 6.07) is 5.49. The summed E-state index contributed by atoms with van der Waals surface area (Å²) in [5, 5.41) is 3.58. The predicted molar refractivity (Wildman–Crippen MR) is 73.9 cm³/mol. The molecule has 1 saturated carbocycles. The lowest BCUT2D eigenvalue weighted by Crippen LogP contribution is -2.32. The number of benzene rings is 1. The topological polar surface area (TPSA) is 21.3 Å². The van der Waals surface area contributed by atoms with Crippen LogP contribution in [0, 0.1) is 11.7 Å². The van der Waals surface area contributed by atoms with Crippen molar-refractivity contribution >= 4 is 0 Å². The largest absolute Gasteiger partial charge is 0.490 e. The Labute approximate surface area is 114 Å². The molecule has 1 aliphatic heterocycles. The summed E-state index contributed by atoms with van der Waals surface area (Å²) in [6.07, 6.45) is 6.06. The SMILES string of the molecule is CCNC(CCC1Cc2cc(F)ccc2O1)C1CC1. The molecule has 1 fully saturated rings. The first kappa shape index (κ1) is 12.9. The third-order valence-electron chi connectivity index (χ3n) is 4.22. The molecule has 0 radical (unpaired) electrons. The zero-order valence-electron chi connectivity index (χ0n) is 11.5. The zero-order chi connectivity index (χ0) is 13.2. The van der Waals surface area contributed by atoms with Crippen molar-refractivity contribution in [2.75, 3.05) is 6.54 Å². The smallest absolute Gasteiger partial charge is 0.123 e. The number of ether oxygens (including phenoxy) is 1. The Kier molecular flexibility index (Phi) is 3.74. The van der Waals surface area contributed by atoms with Crippen LogP contribution in [0.25, 0.3) is 0 Å². The van der Waals surface area contributed by atoms with E-state index in [1.165, 1.54) is 25.3 Å². The average molecular weight is 263 g/mol. The van der Waals surface area contributed by atoms with Crippen molar-refractivity contribution in [3.63, 3.8) is 0 Å². The number of hydrogen-bond donors (Lipinski definition) is 1. The van der Waals surface area contributed by atoms with E-state index in [4.69, 9.17) is 4.74 Å². The third-order valence-corrected chi connectivity index (χ3v) is 4.22. The van der Waals surface area contributed by atoms with E-state index in [1.807, 2.05) is 0 Å². The zero-order valence-corrected chi connectivity index (χ0v) is 11.5. The molecule has 0 spiro atoms. The van der Waals surface area contributed by atoms with E-state index in [0.717, 1.165) is 36.6 Å². The fraction of sp³-hybridized carbons (Fsp3) is 0.625. The highest BCUT2D eigenvalue weighted by Crippen LogP contribution is 2.36. The van der Waals surface area contributed by atoms with Gasteiger partial charge in [0, 0.05) is 18.0 Å². The van der Waals surface area contributed by atoms with Gasteiger partial charge in [-0.1, -0.05) is 6.92 Å². The lowest BCUT2D eigenvalue weighted by atomic mass is 10.0. The minimum atomic E-state index is -0.161. The van der Waals surface area contributed by atoms with Crippen molar-refractivity contribution in [3.8, 4) is 5.75 Å². The number of rotatable bonds is 6. The van der Waals surface area contributed by atoms with Gasteiger partial charge in [-0.25, -0.2) is 4.39 Å². The number of halogens is 1. The van der Waals surface area contributed by atoms with Crippen LogP contribution >= 0.6 is 0 Å². The van der Waals surface area contributed by atoms with Crippen LogP contribution in [0.3, 0.4) is 0 Å². The van der Waals surface area contributed by atoms with E-state index in [0.29, 0.717) is 6.04 Å². The number of hydrogen-bond acceptors (Lipinski definition) is 2. The van der Waals surface area contributed by atoms with E-state index in [2.05, 4.69) is 12.2 Å². The lowest BCUT2D eigenvalue weighted by molar-refractivity contribution is 0.208. The van der Waals surface area contributed by atoms with Crippen molar-refractivity contribution in [2.24, 2.45) is 5.92 Å². The second-order valence-corrected chi connectivity index (χ2v) is 5.77. The van der Waals surface area contributed by atoms with Gasteiger partial charge in [-0.3, -0.25) is 0 Å². The summed E-state index contributed by atoms with van der Waals surface area (Å²) in [7, 11) is 0. The highest BCUT2D eigenvalue weighted by molar-refractivity contribution is 5.37. The molecule has 104 valence electrons. The van der Waals surface area contributed by atoms with Crippen LogP contribution in [0.2, 0.25) is 0 Å². The molecule has 0 aromatic heterocycles. The summed E-state index contributed by atoms with van der Waals surface area (Å²) in [4.78, 5) is 0. The molecule has 1 N–H and O–H groups in total. The first-order valence-corrected chi connectivity index (χ1v) is 7.44. The average Bonchev–Trinajstić information content (AvgIpc) is 3.15. The summed E-state index contributed by atoms with van der Waals surface area (Å²) in [5.41, 5.74) is 1.02. The molecule has 3 heteroatoms. The Morgan fingerprint density at radius 1 is 1.42 bits per heavy atom. The lowest BCUT2D eigenvalue weighted by Gasteiger charge is -2.19. The molecular formula is C16H22FNO. The molecule has 2 aliphatic rings. The highest BCUT2D eigenvalue weighted by atomic mass is 19.1. The van der Waals surface area contributed by atoms with E-state index >= 15 is 0 Å². The van der Waals surface area contributed by atoms with Crippen molar-refractivity contribution in [1.29, 1.82) is 0 Å². The van der Waals surface area contributed by atoms with Gasteiger partial charge in [0.15, 0.2) is 0 Å². The maximum Gasteiger partial charge on any atom is 0.123 e. The van der Waals surface area contributed by atoms with Crippen LogP contribution in [-0.2, 0) is 6.42 Å². The Morgan fingerprint density at radius 2 is 2.26 bits per heavy atom. The molecule has 2 nitrogen and oxygen atoms in total. The van der Waals surface area contributed by atoms with Gasteiger partial charge in [-0.2, -0.15) is 0 Å². The molecule has 1 aromatic rings. The molecule has 2 unspecified atom stereocenters. The summed E-state index contributed by atoms with van der Waals surface area (Å²) >= 11 is 0. The number of nitrogens with one attached hydrogen (secondary N) is 1. The molecule has 0 saturated heterocycles. The van der Waals surface area contributed by atoms with Gasteiger partial charge in [0.05, 0.1) is 0 Å². The highest BCUT2D eigenvalue weighted by Gasteiger charge is 2.32.